The number of halogens is 3. The molecular formula is C21H18F3N3O3. The van der Waals surface area contributed by atoms with Gasteiger partial charge in [-0.1, -0.05) is 6.07 Å². The van der Waals surface area contributed by atoms with Crippen molar-refractivity contribution in [3.8, 4) is 11.6 Å². The Morgan fingerprint density at radius 1 is 1.13 bits per heavy atom. The SMILES string of the molecule is O=C(N[C@H]1CCC[C@H]1O)c1ccc2cc(Oc3ccc(C(F)(F)F)cn3)ccc2n1. The van der Waals surface area contributed by atoms with Crippen molar-refractivity contribution >= 4 is 16.8 Å². The first-order valence-corrected chi connectivity index (χ1v) is 9.40. The van der Waals surface area contributed by atoms with Crippen LogP contribution < -0.4 is 10.1 Å². The number of hydrogen-bond acceptors (Lipinski definition) is 5. The minimum Gasteiger partial charge on any atom is -0.439 e. The zero-order valence-corrected chi connectivity index (χ0v) is 15.7. The van der Waals surface area contributed by atoms with Crippen LogP contribution in [0.25, 0.3) is 10.9 Å². The number of carbonyl (C=O) groups is 1. The highest BCUT2D eigenvalue weighted by atomic mass is 19.4. The Kier molecular flexibility index (Phi) is 5.29. The van der Waals surface area contributed by atoms with Crippen molar-refractivity contribution in [2.75, 3.05) is 0 Å². The second kappa shape index (κ2) is 7.91. The normalized spacial score (nSPS) is 19.1. The number of hydrogen-bond donors (Lipinski definition) is 2. The van der Waals surface area contributed by atoms with E-state index in [-0.39, 0.29) is 23.5 Å². The molecule has 2 atom stereocenters. The Morgan fingerprint density at radius 2 is 1.97 bits per heavy atom. The lowest BCUT2D eigenvalue weighted by atomic mass is 10.1. The number of aliphatic hydroxyl groups excluding tert-OH is 1. The van der Waals surface area contributed by atoms with Crippen molar-refractivity contribution in [2.24, 2.45) is 0 Å². The number of fused-ring (bicyclic) bond motifs is 1. The van der Waals surface area contributed by atoms with E-state index in [0.29, 0.717) is 29.3 Å². The zero-order chi connectivity index (χ0) is 21.3. The fraction of sp³-hybridized carbons (Fsp3) is 0.286. The van der Waals surface area contributed by atoms with Crippen LogP contribution in [-0.2, 0) is 6.18 Å². The van der Waals surface area contributed by atoms with Gasteiger partial charge in [-0.15, -0.1) is 0 Å². The zero-order valence-electron chi connectivity index (χ0n) is 15.7. The van der Waals surface area contributed by atoms with Gasteiger partial charge in [0.2, 0.25) is 5.88 Å². The number of aliphatic hydroxyl groups is 1. The van der Waals surface area contributed by atoms with Crippen LogP contribution in [0.5, 0.6) is 11.6 Å². The Hall–Kier alpha value is -3.20. The van der Waals surface area contributed by atoms with Gasteiger partial charge in [0, 0.05) is 17.6 Å². The molecule has 0 bridgehead atoms. The van der Waals surface area contributed by atoms with Gasteiger partial charge in [-0.3, -0.25) is 4.79 Å². The van der Waals surface area contributed by atoms with E-state index in [1.165, 1.54) is 0 Å². The highest BCUT2D eigenvalue weighted by Gasteiger charge is 2.30. The summed E-state index contributed by atoms with van der Waals surface area (Å²) in [6.07, 6.45) is -2.00. The first-order chi connectivity index (χ1) is 14.3. The molecule has 0 radical (unpaired) electrons. The molecule has 1 saturated carbocycles. The van der Waals surface area contributed by atoms with Crippen LogP contribution in [-0.4, -0.2) is 33.1 Å². The van der Waals surface area contributed by atoms with E-state index < -0.39 is 17.8 Å². The predicted molar refractivity (Wildman–Crippen MR) is 102 cm³/mol. The Labute approximate surface area is 169 Å². The third kappa shape index (κ3) is 4.35. The van der Waals surface area contributed by atoms with Crippen molar-refractivity contribution in [3.63, 3.8) is 0 Å². The summed E-state index contributed by atoms with van der Waals surface area (Å²) in [6, 6.07) is 9.96. The van der Waals surface area contributed by atoms with Crippen molar-refractivity contribution in [1.29, 1.82) is 0 Å². The molecule has 0 saturated heterocycles. The lowest BCUT2D eigenvalue weighted by molar-refractivity contribution is -0.137. The molecule has 2 heterocycles. The maximum absolute atomic E-state index is 12.6. The molecule has 4 rings (SSSR count). The molecular weight excluding hydrogens is 399 g/mol. The molecule has 1 aliphatic carbocycles. The van der Waals surface area contributed by atoms with Crippen LogP contribution in [0.4, 0.5) is 13.2 Å². The number of ether oxygens (including phenoxy) is 1. The lowest BCUT2D eigenvalue weighted by Gasteiger charge is -2.16. The van der Waals surface area contributed by atoms with Crippen molar-refractivity contribution < 1.29 is 27.8 Å². The van der Waals surface area contributed by atoms with Crippen LogP contribution >= 0.6 is 0 Å². The van der Waals surface area contributed by atoms with E-state index in [9.17, 15) is 23.1 Å². The summed E-state index contributed by atoms with van der Waals surface area (Å²) in [4.78, 5) is 20.4. The third-order valence-electron chi connectivity index (χ3n) is 4.98. The summed E-state index contributed by atoms with van der Waals surface area (Å²) in [6.45, 7) is 0. The number of nitrogens with one attached hydrogen (secondary N) is 1. The van der Waals surface area contributed by atoms with Gasteiger partial charge in [0.1, 0.15) is 11.4 Å². The number of benzene rings is 1. The standard InChI is InChI=1S/C21H18F3N3O3/c22-21(23,24)13-5-9-19(25-11-13)30-14-6-8-15-12(10-14)4-7-17(26-15)20(29)27-16-2-1-3-18(16)28/h4-11,16,18,28H,1-3H2,(H,27,29)/t16-,18+/m0/s1. The highest BCUT2D eigenvalue weighted by Crippen LogP contribution is 2.30. The van der Waals surface area contributed by atoms with Gasteiger partial charge in [-0.25, -0.2) is 9.97 Å². The number of aromatic nitrogens is 2. The summed E-state index contributed by atoms with van der Waals surface area (Å²) >= 11 is 0. The van der Waals surface area contributed by atoms with E-state index in [0.717, 1.165) is 25.0 Å². The molecule has 3 aromatic rings. The van der Waals surface area contributed by atoms with E-state index in [1.54, 1.807) is 30.3 Å². The largest absolute Gasteiger partial charge is 0.439 e. The molecule has 30 heavy (non-hydrogen) atoms. The summed E-state index contributed by atoms with van der Waals surface area (Å²) < 4.78 is 43.4. The fourth-order valence-corrected chi connectivity index (χ4v) is 3.37. The first-order valence-electron chi connectivity index (χ1n) is 9.40. The highest BCUT2D eigenvalue weighted by molar-refractivity contribution is 5.95. The van der Waals surface area contributed by atoms with Crippen LogP contribution in [0.2, 0.25) is 0 Å². The number of amides is 1. The van der Waals surface area contributed by atoms with Crippen LogP contribution in [0.15, 0.2) is 48.7 Å². The second-order valence-corrected chi connectivity index (χ2v) is 7.11. The van der Waals surface area contributed by atoms with Gasteiger partial charge in [0.25, 0.3) is 5.91 Å². The van der Waals surface area contributed by atoms with E-state index >= 15 is 0 Å². The summed E-state index contributed by atoms with van der Waals surface area (Å²) in [5.74, 6) is 0.0568. The number of rotatable bonds is 4. The van der Waals surface area contributed by atoms with Crippen molar-refractivity contribution in [1.82, 2.24) is 15.3 Å². The molecule has 0 aliphatic heterocycles. The molecule has 1 aromatic carbocycles. The topological polar surface area (TPSA) is 84.3 Å². The molecule has 9 heteroatoms. The van der Waals surface area contributed by atoms with E-state index in [2.05, 4.69) is 15.3 Å². The summed E-state index contributed by atoms with van der Waals surface area (Å²) in [7, 11) is 0. The number of pyridine rings is 2. The second-order valence-electron chi connectivity index (χ2n) is 7.11. The number of carbonyl (C=O) groups excluding carboxylic acids is 1. The first kappa shape index (κ1) is 20.1. The molecule has 1 amide bonds. The van der Waals surface area contributed by atoms with E-state index in [1.807, 2.05) is 0 Å². The lowest BCUT2D eigenvalue weighted by Crippen LogP contribution is -2.40. The average molecular weight is 417 g/mol. The van der Waals surface area contributed by atoms with Gasteiger partial charge >= 0.3 is 6.18 Å². The van der Waals surface area contributed by atoms with Crippen molar-refractivity contribution in [2.45, 2.75) is 37.6 Å². The van der Waals surface area contributed by atoms with Crippen molar-refractivity contribution in [3.05, 3.63) is 59.9 Å². The minimum absolute atomic E-state index is 0.0291. The molecule has 1 aliphatic rings. The Morgan fingerprint density at radius 3 is 2.63 bits per heavy atom. The summed E-state index contributed by atoms with van der Waals surface area (Å²) in [5, 5.41) is 13.3. The molecule has 2 aromatic heterocycles. The maximum atomic E-state index is 12.6. The van der Waals surface area contributed by atoms with E-state index in [4.69, 9.17) is 4.74 Å². The Bertz CT molecular complexity index is 1070. The van der Waals surface area contributed by atoms with Gasteiger partial charge in [-0.05, 0) is 49.6 Å². The van der Waals surface area contributed by atoms with Crippen LogP contribution in [0.1, 0.15) is 35.3 Å². The molecule has 156 valence electrons. The molecule has 6 nitrogen and oxygen atoms in total. The van der Waals surface area contributed by atoms with Gasteiger partial charge in [0.15, 0.2) is 0 Å². The molecule has 2 N–H and O–H groups in total. The molecule has 0 spiro atoms. The quantitative estimate of drug-likeness (QED) is 0.668. The number of nitrogens with zero attached hydrogens (tertiary/aromatic N) is 2. The Balaban J connectivity index is 1.48. The van der Waals surface area contributed by atoms with Gasteiger partial charge in [-0.2, -0.15) is 13.2 Å². The predicted octanol–water partition coefficient (Wildman–Crippen LogP) is 4.08. The third-order valence-corrected chi connectivity index (χ3v) is 4.98. The number of alkyl halides is 3. The molecule has 0 unspecified atom stereocenters. The van der Waals surface area contributed by atoms with Crippen LogP contribution in [0.3, 0.4) is 0 Å². The smallest absolute Gasteiger partial charge is 0.417 e. The molecule has 1 fully saturated rings. The fourth-order valence-electron chi connectivity index (χ4n) is 3.37. The maximum Gasteiger partial charge on any atom is 0.417 e. The monoisotopic (exact) mass is 417 g/mol. The van der Waals surface area contributed by atoms with Gasteiger partial charge < -0.3 is 15.2 Å². The minimum atomic E-state index is -4.46. The van der Waals surface area contributed by atoms with Crippen LogP contribution in [0, 0.1) is 0 Å². The van der Waals surface area contributed by atoms with Gasteiger partial charge in [0.05, 0.1) is 23.2 Å². The average Bonchev–Trinajstić information content (AvgIpc) is 3.11. The summed E-state index contributed by atoms with van der Waals surface area (Å²) in [5.41, 5.74) is -0.0597.